The maximum absolute atomic E-state index is 5.71. The Bertz CT molecular complexity index is 815. The van der Waals surface area contributed by atoms with E-state index < -0.39 is 0 Å². The lowest BCUT2D eigenvalue weighted by Crippen LogP contribution is -2.08. The van der Waals surface area contributed by atoms with E-state index in [0.717, 1.165) is 28.0 Å². The van der Waals surface area contributed by atoms with Gasteiger partial charge in [-0.3, -0.25) is 0 Å². The van der Waals surface area contributed by atoms with Crippen molar-refractivity contribution in [3.63, 3.8) is 0 Å². The molecule has 0 aliphatic heterocycles. The molecule has 0 bridgehead atoms. The van der Waals surface area contributed by atoms with E-state index in [4.69, 9.17) is 10.5 Å². The Morgan fingerprint density at radius 3 is 2.50 bits per heavy atom. The Kier molecular flexibility index (Phi) is 4.91. The summed E-state index contributed by atoms with van der Waals surface area (Å²) in [7, 11) is 0. The summed E-state index contributed by atoms with van der Waals surface area (Å²) in [6.45, 7) is 5.03. The smallest absolute Gasteiger partial charge is 0.144 e. The van der Waals surface area contributed by atoms with Gasteiger partial charge in [0.05, 0.1) is 18.2 Å². The van der Waals surface area contributed by atoms with Crippen molar-refractivity contribution in [1.29, 1.82) is 0 Å². The lowest BCUT2D eigenvalue weighted by molar-refractivity contribution is 0.242. The van der Waals surface area contributed by atoms with Gasteiger partial charge in [-0.25, -0.2) is 9.97 Å². The predicted molar refractivity (Wildman–Crippen MR) is 97.0 cm³/mol. The molecule has 3 rings (SSSR count). The maximum Gasteiger partial charge on any atom is 0.144 e. The fourth-order valence-electron chi connectivity index (χ4n) is 2.49. The summed E-state index contributed by atoms with van der Waals surface area (Å²) in [6, 6.07) is 16.0. The zero-order valence-electron chi connectivity index (χ0n) is 14.0. The molecule has 3 N–H and O–H groups in total. The number of nitrogens with two attached hydrogens (primary N) is 1. The first-order valence-electron chi connectivity index (χ1n) is 8.11. The van der Waals surface area contributed by atoms with Crippen LogP contribution in [0.2, 0.25) is 0 Å². The first-order chi connectivity index (χ1) is 11.7. The first kappa shape index (κ1) is 16.2. The number of rotatable bonds is 6. The fourth-order valence-corrected chi connectivity index (χ4v) is 2.49. The van der Waals surface area contributed by atoms with Crippen LogP contribution >= 0.6 is 0 Å². The van der Waals surface area contributed by atoms with E-state index in [0.29, 0.717) is 18.9 Å². The highest BCUT2D eigenvalue weighted by atomic mass is 16.5. The van der Waals surface area contributed by atoms with Crippen LogP contribution in [0.25, 0.3) is 10.9 Å². The molecule has 1 heterocycles. The molecule has 2 aromatic carbocycles. The van der Waals surface area contributed by atoms with Crippen LogP contribution in [0.1, 0.15) is 25.2 Å². The van der Waals surface area contributed by atoms with Crippen molar-refractivity contribution in [2.45, 2.75) is 33.0 Å². The van der Waals surface area contributed by atoms with Gasteiger partial charge in [0.25, 0.3) is 0 Å². The highest BCUT2D eigenvalue weighted by Gasteiger charge is 2.06. The lowest BCUT2D eigenvalue weighted by atomic mass is 10.2. The summed E-state index contributed by atoms with van der Waals surface area (Å²) in [6.07, 6.45) is 0.177. The number of hydrogen-bond donors (Lipinski definition) is 2. The van der Waals surface area contributed by atoms with Crippen molar-refractivity contribution in [2.75, 3.05) is 5.32 Å². The summed E-state index contributed by atoms with van der Waals surface area (Å²) >= 11 is 0. The van der Waals surface area contributed by atoms with Crippen LogP contribution in [0.5, 0.6) is 5.75 Å². The molecule has 0 amide bonds. The average Bonchev–Trinajstić information content (AvgIpc) is 2.60. The van der Waals surface area contributed by atoms with Crippen LogP contribution in [0, 0.1) is 0 Å². The number of fused-ring (bicyclic) bond motifs is 1. The van der Waals surface area contributed by atoms with Gasteiger partial charge in [-0.1, -0.05) is 24.3 Å². The van der Waals surface area contributed by atoms with Gasteiger partial charge in [0.1, 0.15) is 17.4 Å². The molecule has 0 saturated carbocycles. The van der Waals surface area contributed by atoms with Gasteiger partial charge in [-0.2, -0.15) is 0 Å². The van der Waals surface area contributed by atoms with Gasteiger partial charge in [-0.05, 0) is 43.7 Å². The number of hydrogen-bond acceptors (Lipinski definition) is 5. The predicted octanol–water partition coefficient (Wildman–Crippen LogP) is 3.49. The molecule has 3 aromatic rings. The number of benzene rings is 2. The molecule has 0 spiro atoms. The Morgan fingerprint density at radius 1 is 1.04 bits per heavy atom. The zero-order valence-corrected chi connectivity index (χ0v) is 14.0. The number of aromatic nitrogens is 2. The second kappa shape index (κ2) is 7.27. The van der Waals surface area contributed by atoms with E-state index in [-0.39, 0.29) is 6.10 Å². The van der Waals surface area contributed by atoms with E-state index in [1.807, 2.05) is 50.2 Å². The van der Waals surface area contributed by atoms with Crippen LogP contribution in [-0.4, -0.2) is 16.1 Å². The van der Waals surface area contributed by atoms with Crippen LogP contribution in [0.15, 0.2) is 48.5 Å². The van der Waals surface area contributed by atoms with Gasteiger partial charge in [0.2, 0.25) is 0 Å². The van der Waals surface area contributed by atoms with Crippen LogP contribution in [-0.2, 0) is 13.1 Å². The molecular formula is C19H22N4O. The average molecular weight is 322 g/mol. The van der Waals surface area contributed by atoms with Crippen molar-refractivity contribution < 1.29 is 4.74 Å². The molecule has 0 saturated heterocycles. The molecule has 0 unspecified atom stereocenters. The molecule has 0 aliphatic rings. The van der Waals surface area contributed by atoms with Gasteiger partial charge in [0.15, 0.2) is 0 Å². The third-order valence-electron chi connectivity index (χ3n) is 3.59. The van der Waals surface area contributed by atoms with Gasteiger partial charge in [0, 0.05) is 11.9 Å². The zero-order chi connectivity index (χ0) is 16.9. The normalized spacial score (nSPS) is 11.0. The van der Waals surface area contributed by atoms with E-state index in [2.05, 4.69) is 27.4 Å². The topological polar surface area (TPSA) is 73.1 Å². The molecule has 1 aromatic heterocycles. The van der Waals surface area contributed by atoms with Gasteiger partial charge in [-0.15, -0.1) is 0 Å². The van der Waals surface area contributed by atoms with E-state index in [1.54, 1.807) is 0 Å². The van der Waals surface area contributed by atoms with Gasteiger partial charge < -0.3 is 15.8 Å². The highest BCUT2D eigenvalue weighted by molar-refractivity contribution is 5.88. The van der Waals surface area contributed by atoms with Crippen LogP contribution < -0.4 is 15.8 Å². The molecule has 0 atom stereocenters. The van der Waals surface area contributed by atoms with Crippen molar-refractivity contribution in [2.24, 2.45) is 5.73 Å². The molecule has 0 aliphatic carbocycles. The monoisotopic (exact) mass is 322 g/mol. The first-order valence-corrected chi connectivity index (χ1v) is 8.11. The SMILES string of the molecule is CC(C)Oc1ccc(CNc2nc(CN)nc3ccccc23)cc1. The minimum absolute atomic E-state index is 0.177. The summed E-state index contributed by atoms with van der Waals surface area (Å²) in [5, 5.41) is 4.39. The highest BCUT2D eigenvalue weighted by Crippen LogP contribution is 2.21. The second-order valence-electron chi connectivity index (χ2n) is 5.87. The second-order valence-corrected chi connectivity index (χ2v) is 5.87. The molecule has 124 valence electrons. The molecule has 0 radical (unpaired) electrons. The Labute approximate surface area is 141 Å². The van der Waals surface area contributed by atoms with E-state index >= 15 is 0 Å². The number of nitrogens with one attached hydrogen (secondary N) is 1. The minimum Gasteiger partial charge on any atom is -0.491 e. The Balaban J connectivity index is 1.78. The maximum atomic E-state index is 5.71. The number of ether oxygens (including phenoxy) is 1. The summed E-state index contributed by atoms with van der Waals surface area (Å²) < 4.78 is 5.66. The van der Waals surface area contributed by atoms with Crippen molar-refractivity contribution in [1.82, 2.24) is 9.97 Å². The molecular weight excluding hydrogens is 300 g/mol. The minimum atomic E-state index is 0.177. The summed E-state index contributed by atoms with van der Waals surface area (Å²) in [4.78, 5) is 8.98. The number of para-hydroxylation sites is 1. The van der Waals surface area contributed by atoms with Gasteiger partial charge >= 0.3 is 0 Å². The van der Waals surface area contributed by atoms with Crippen LogP contribution in [0.4, 0.5) is 5.82 Å². The number of anilines is 1. The summed E-state index contributed by atoms with van der Waals surface area (Å²) in [5.74, 6) is 2.33. The Morgan fingerprint density at radius 2 is 1.79 bits per heavy atom. The van der Waals surface area contributed by atoms with Crippen molar-refractivity contribution in [3.8, 4) is 5.75 Å². The van der Waals surface area contributed by atoms with Crippen molar-refractivity contribution >= 4 is 16.7 Å². The quantitative estimate of drug-likeness (QED) is 0.727. The molecule has 24 heavy (non-hydrogen) atoms. The third-order valence-corrected chi connectivity index (χ3v) is 3.59. The third kappa shape index (κ3) is 3.81. The fraction of sp³-hybridized carbons (Fsp3) is 0.263. The van der Waals surface area contributed by atoms with E-state index in [1.165, 1.54) is 0 Å². The standard InChI is InChI=1S/C19H22N4O/c1-13(2)24-15-9-7-14(8-10-15)12-21-19-16-5-3-4-6-17(16)22-18(11-20)23-19/h3-10,13H,11-12,20H2,1-2H3,(H,21,22,23). The van der Waals surface area contributed by atoms with E-state index in [9.17, 15) is 0 Å². The number of nitrogens with zero attached hydrogens (tertiary/aromatic N) is 2. The largest absolute Gasteiger partial charge is 0.491 e. The molecule has 5 nitrogen and oxygen atoms in total. The molecule has 5 heteroatoms. The molecule has 0 fully saturated rings. The van der Waals surface area contributed by atoms with Crippen molar-refractivity contribution in [3.05, 3.63) is 59.9 Å². The lowest BCUT2D eigenvalue weighted by Gasteiger charge is -2.12. The summed E-state index contributed by atoms with van der Waals surface area (Å²) in [5.41, 5.74) is 7.76. The Hall–Kier alpha value is -2.66. The van der Waals surface area contributed by atoms with Crippen LogP contribution in [0.3, 0.4) is 0 Å².